The smallest absolute Gasteiger partial charge is 0.170 e. The first-order chi connectivity index (χ1) is 11.1. The van der Waals surface area contributed by atoms with E-state index in [1.165, 1.54) is 11.1 Å². The maximum absolute atomic E-state index is 5.41. The topological polar surface area (TPSA) is 27.3 Å². The van der Waals surface area contributed by atoms with E-state index in [-0.39, 0.29) is 6.04 Å². The minimum absolute atomic E-state index is 0.276. The molecule has 0 saturated carbocycles. The van der Waals surface area contributed by atoms with Gasteiger partial charge in [0.05, 0.1) is 6.04 Å². The van der Waals surface area contributed by atoms with Crippen LogP contribution in [-0.4, -0.2) is 30.7 Å². The van der Waals surface area contributed by atoms with E-state index in [9.17, 15) is 0 Å². The fourth-order valence-electron chi connectivity index (χ4n) is 2.46. The van der Waals surface area contributed by atoms with E-state index in [2.05, 4.69) is 85.1 Å². The lowest BCUT2D eigenvalue weighted by Gasteiger charge is -2.25. The maximum Gasteiger partial charge on any atom is 0.170 e. The van der Waals surface area contributed by atoms with Crippen LogP contribution in [0.3, 0.4) is 0 Å². The second kappa shape index (κ2) is 8.65. The molecule has 0 radical (unpaired) electrons. The summed E-state index contributed by atoms with van der Waals surface area (Å²) in [5.74, 6) is 0. The van der Waals surface area contributed by atoms with Gasteiger partial charge in [-0.2, -0.15) is 0 Å². The van der Waals surface area contributed by atoms with E-state index in [4.69, 9.17) is 12.2 Å². The molecule has 0 aromatic heterocycles. The van der Waals surface area contributed by atoms with E-state index >= 15 is 0 Å². The summed E-state index contributed by atoms with van der Waals surface area (Å²) in [6.45, 7) is 2.91. The van der Waals surface area contributed by atoms with Crippen LogP contribution in [0.2, 0.25) is 0 Å². The maximum atomic E-state index is 5.41. The predicted molar refractivity (Wildman–Crippen MR) is 103 cm³/mol. The number of thiocarbonyl (C=S) groups is 1. The van der Waals surface area contributed by atoms with Crippen LogP contribution in [-0.2, 0) is 6.42 Å². The van der Waals surface area contributed by atoms with Crippen LogP contribution in [0.5, 0.6) is 0 Å². The zero-order chi connectivity index (χ0) is 16.7. The molecular weight excluding hydrogens is 302 g/mol. The van der Waals surface area contributed by atoms with Crippen LogP contribution in [0.4, 0.5) is 5.69 Å². The van der Waals surface area contributed by atoms with Gasteiger partial charge in [0.25, 0.3) is 0 Å². The molecule has 0 amide bonds. The van der Waals surface area contributed by atoms with Gasteiger partial charge in [0, 0.05) is 12.2 Å². The first-order valence-corrected chi connectivity index (χ1v) is 8.36. The van der Waals surface area contributed by atoms with Crippen molar-refractivity contribution in [2.45, 2.75) is 19.4 Å². The van der Waals surface area contributed by atoms with Gasteiger partial charge in [-0.15, -0.1) is 0 Å². The Morgan fingerprint density at radius 1 is 1.04 bits per heavy atom. The van der Waals surface area contributed by atoms with Crippen molar-refractivity contribution in [1.29, 1.82) is 0 Å². The molecular formula is C19H25N3S. The predicted octanol–water partition coefficient (Wildman–Crippen LogP) is 3.84. The largest absolute Gasteiger partial charge is 0.361 e. The summed E-state index contributed by atoms with van der Waals surface area (Å²) in [7, 11) is 4.17. The van der Waals surface area contributed by atoms with Crippen molar-refractivity contribution < 1.29 is 0 Å². The molecule has 122 valence electrons. The third-order valence-electron chi connectivity index (χ3n) is 3.88. The first-order valence-electron chi connectivity index (χ1n) is 7.95. The fraction of sp³-hybridized carbons (Fsp3) is 0.316. The second-order valence-corrected chi connectivity index (χ2v) is 6.18. The number of hydrogen-bond donors (Lipinski definition) is 2. The summed E-state index contributed by atoms with van der Waals surface area (Å²) in [5.41, 5.74) is 3.62. The Bertz CT molecular complexity index is 608. The molecule has 23 heavy (non-hydrogen) atoms. The van der Waals surface area contributed by atoms with Gasteiger partial charge in [0.1, 0.15) is 0 Å². The third kappa shape index (κ3) is 5.34. The van der Waals surface area contributed by atoms with Crippen LogP contribution >= 0.6 is 12.2 Å². The van der Waals surface area contributed by atoms with Gasteiger partial charge in [-0.05, 0) is 56.0 Å². The Labute approximate surface area is 144 Å². The molecule has 0 bridgehead atoms. The molecule has 2 aromatic carbocycles. The number of aryl methyl sites for hydroxylation is 1. The van der Waals surface area contributed by atoms with Crippen molar-refractivity contribution in [2.75, 3.05) is 26.0 Å². The molecule has 3 nitrogen and oxygen atoms in total. The second-order valence-electron chi connectivity index (χ2n) is 5.78. The molecule has 0 aliphatic carbocycles. The lowest BCUT2D eigenvalue weighted by Crippen LogP contribution is -2.36. The molecule has 1 atom stereocenters. The highest BCUT2D eigenvalue weighted by atomic mass is 32.1. The van der Waals surface area contributed by atoms with Crippen LogP contribution < -0.4 is 10.6 Å². The van der Waals surface area contributed by atoms with Gasteiger partial charge in [0.2, 0.25) is 0 Å². The molecule has 0 saturated heterocycles. The summed E-state index contributed by atoms with van der Waals surface area (Å²) < 4.78 is 0. The van der Waals surface area contributed by atoms with Crippen molar-refractivity contribution in [3.63, 3.8) is 0 Å². The molecule has 0 unspecified atom stereocenters. The van der Waals surface area contributed by atoms with Gasteiger partial charge in [-0.25, -0.2) is 0 Å². The third-order valence-corrected chi connectivity index (χ3v) is 4.13. The number of nitrogens with one attached hydrogen (secondary N) is 2. The molecule has 2 aromatic rings. The Balaban J connectivity index is 1.91. The molecule has 0 fully saturated rings. The van der Waals surface area contributed by atoms with Gasteiger partial charge >= 0.3 is 0 Å². The van der Waals surface area contributed by atoms with Crippen LogP contribution in [0, 0.1) is 0 Å². The van der Waals surface area contributed by atoms with Gasteiger partial charge in [0.15, 0.2) is 5.11 Å². The molecule has 2 rings (SSSR count). The Kier molecular flexibility index (Phi) is 6.56. The van der Waals surface area contributed by atoms with Crippen molar-refractivity contribution in [3.8, 4) is 0 Å². The summed E-state index contributed by atoms with van der Waals surface area (Å²) in [6, 6.07) is 19.1. The summed E-state index contributed by atoms with van der Waals surface area (Å²) in [6.07, 6.45) is 1.05. The number of hydrogen-bond acceptors (Lipinski definition) is 2. The lowest BCUT2D eigenvalue weighted by molar-refractivity contribution is 0.299. The van der Waals surface area contributed by atoms with Crippen LogP contribution in [0.15, 0.2) is 54.6 Å². The summed E-state index contributed by atoms with van der Waals surface area (Å²) in [5, 5.41) is 7.21. The average molecular weight is 327 g/mol. The summed E-state index contributed by atoms with van der Waals surface area (Å²) in [4.78, 5) is 2.20. The van der Waals surface area contributed by atoms with Gasteiger partial charge < -0.3 is 15.5 Å². The lowest BCUT2D eigenvalue weighted by atomic mass is 10.1. The van der Waals surface area contributed by atoms with Crippen molar-refractivity contribution in [3.05, 3.63) is 65.7 Å². The minimum Gasteiger partial charge on any atom is -0.361 e. The molecule has 0 heterocycles. The number of nitrogens with zero attached hydrogens (tertiary/aromatic N) is 1. The van der Waals surface area contributed by atoms with Crippen molar-refractivity contribution in [1.82, 2.24) is 10.2 Å². The van der Waals surface area contributed by atoms with E-state index in [0.29, 0.717) is 5.11 Å². The molecule has 2 N–H and O–H groups in total. The van der Waals surface area contributed by atoms with E-state index in [1.54, 1.807) is 0 Å². The van der Waals surface area contributed by atoms with Crippen LogP contribution in [0.1, 0.15) is 24.1 Å². The SMILES string of the molecule is CCc1ccc(NC(=S)NC[C@@H](c2ccccc2)N(C)C)cc1. The number of likely N-dealkylation sites (N-methyl/N-ethyl adjacent to an activating group) is 1. The Hall–Kier alpha value is -1.91. The van der Waals surface area contributed by atoms with Gasteiger partial charge in [-0.3, -0.25) is 0 Å². The monoisotopic (exact) mass is 327 g/mol. The van der Waals surface area contributed by atoms with Crippen molar-refractivity contribution in [2.24, 2.45) is 0 Å². The normalized spacial score (nSPS) is 12.0. The number of anilines is 1. The van der Waals surface area contributed by atoms with Crippen LogP contribution in [0.25, 0.3) is 0 Å². The van der Waals surface area contributed by atoms with E-state index in [0.717, 1.165) is 18.7 Å². The zero-order valence-electron chi connectivity index (χ0n) is 14.0. The standard InChI is InChI=1S/C19H25N3S/c1-4-15-10-12-17(13-11-15)21-19(23)20-14-18(22(2)3)16-8-6-5-7-9-16/h5-13,18H,4,14H2,1-3H3,(H2,20,21,23)/t18-/m0/s1. The zero-order valence-corrected chi connectivity index (χ0v) is 14.9. The molecule has 0 aliphatic heterocycles. The highest BCUT2D eigenvalue weighted by Gasteiger charge is 2.13. The van der Waals surface area contributed by atoms with Crippen molar-refractivity contribution >= 4 is 23.0 Å². The summed E-state index contributed by atoms with van der Waals surface area (Å²) >= 11 is 5.41. The number of rotatable bonds is 6. The molecule has 4 heteroatoms. The highest BCUT2D eigenvalue weighted by molar-refractivity contribution is 7.80. The number of benzene rings is 2. The first kappa shape index (κ1) is 17.4. The molecule has 0 aliphatic rings. The Morgan fingerprint density at radius 3 is 2.26 bits per heavy atom. The average Bonchev–Trinajstić information content (AvgIpc) is 2.56. The van der Waals surface area contributed by atoms with E-state index < -0.39 is 0 Å². The minimum atomic E-state index is 0.276. The highest BCUT2D eigenvalue weighted by Crippen LogP contribution is 2.17. The van der Waals surface area contributed by atoms with E-state index in [1.807, 2.05) is 6.07 Å². The fourth-order valence-corrected chi connectivity index (χ4v) is 2.66. The Morgan fingerprint density at radius 2 is 1.70 bits per heavy atom. The van der Waals surface area contributed by atoms with Gasteiger partial charge in [-0.1, -0.05) is 49.4 Å². The molecule has 0 spiro atoms. The quantitative estimate of drug-likeness (QED) is 0.788.